The van der Waals surface area contributed by atoms with Gasteiger partial charge in [0.15, 0.2) is 0 Å². The second kappa shape index (κ2) is 7.62. The lowest BCUT2D eigenvalue weighted by Crippen LogP contribution is -2.11. The van der Waals surface area contributed by atoms with Crippen LogP contribution in [-0.2, 0) is 6.42 Å². The highest BCUT2D eigenvalue weighted by Crippen LogP contribution is 2.23. The number of halogens is 1. The van der Waals surface area contributed by atoms with Crippen LogP contribution in [0.15, 0.2) is 36.5 Å². The van der Waals surface area contributed by atoms with Crippen LogP contribution in [0.3, 0.4) is 0 Å². The highest BCUT2D eigenvalue weighted by Gasteiger charge is 2.14. The van der Waals surface area contributed by atoms with Crippen LogP contribution in [0.25, 0.3) is 0 Å². The van der Waals surface area contributed by atoms with Crippen molar-refractivity contribution < 1.29 is 5.11 Å². The summed E-state index contributed by atoms with van der Waals surface area (Å²) in [5.74, 6) is 0.0623. The minimum Gasteiger partial charge on any atom is -0.396 e. The Morgan fingerprint density at radius 1 is 1.14 bits per heavy atom. The van der Waals surface area contributed by atoms with E-state index in [0.29, 0.717) is 11.1 Å². The van der Waals surface area contributed by atoms with E-state index in [4.69, 9.17) is 11.6 Å². The summed E-state index contributed by atoms with van der Waals surface area (Å²) in [5, 5.41) is 15.0. The molecule has 1 unspecified atom stereocenters. The van der Waals surface area contributed by atoms with E-state index in [-0.39, 0.29) is 12.5 Å². The van der Waals surface area contributed by atoms with E-state index in [1.54, 1.807) is 0 Å². The van der Waals surface area contributed by atoms with E-state index < -0.39 is 0 Å². The lowest BCUT2D eigenvalue weighted by atomic mass is 9.95. The number of aliphatic hydroxyl groups is 1. The molecule has 0 radical (unpaired) electrons. The summed E-state index contributed by atoms with van der Waals surface area (Å²) in [4.78, 5) is 0. The third kappa shape index (κ3) is 4.08. The van der Waals surface area contributed by atoms with Crippen LogP contribution in [0.5, 0.6) is 0 Å². The zero-order chi connectivity index (χ0) is 15.2. The van der Waals surface area contributed by atoms with Gasteiger partial charge in [-0.1, -0.05) is 37.6 Å². The lowest BCUT2D eigenvalue weighted by Gasteiger charge is -2.14. The number of aromatic nitrogens is 2. The average molecular weight is 307 g/mol. The quantitative estimate of drug-likeness (QED) is 0.832. The topological polar surface area (TPSA) is 38.0 Å². The molecule has 0 aliphatic carbocycles. The second-order valence-electron chi connectivity index (χ2n) is 5.39. The maximum absolute atomic E-state index is 9.65. The van der Waals surface area contributed by atoms with Crippen LogP contribution >= 0.6 is 11.6 Å². The van der Waals surface area contributed by atoms with Crippen LogP contribution in [0.4, 0.5) is 0 Å². The Balaban J connectivity index is 2.10. The van der Waals surface area contributed by atoms with E-state index in [1.807, 2.05) is 35.1 Å². The molecule has 0 saturated carbocycles. The Bertz CT molecular complexity index is 546. The molecule has 2 aromatic rings. The predicted octanol–water partition coefficient (Wildman–Crippen LogP) is 4.22. The Morgan fingerprint density at radius 2 is 1.81 bits per heavy atom. The molecule has 0 spiro atoms. The highest BCUT2D eigenvalue weighted by atomic mass is 35.5. The van der Waals surface area contributed by atoms with Gasteiger partial charge in [0.05, 0.1) is 18.3 Å². The molecule has 21 heavy (non-hydrogen) atoms. The van der Waals surface area contributed by atoms with Gasteiger partial charge in [0, 0.05) is 23.6 Å². The van der Waals surface area contributed by atoms with Gasteiger partial charge in [-0.3, -0.25) is 4.68 Å². The smallest absolute Gasteiger partial charge is 0.0631 e. The normalized spacial score (nSPS) is 12.8. The fourth-order valence-electron chi connectivity index (χ4n) is 2.63. The largest absolute Gasteiger partial charge is 0.396 e. The molecule has 1 heterocycles. The Labute approximate surface area is 131 Å². The van der Waals surface area contributed by atoms with Crippen LogP contribution < -0.4 is 0 Å². The molecule has 1 atom stereocenters. The molecule has 0 bridgehead atoms. The molecule has 0 aliphatic rings. The number of hydrogen-bond donors (Lipinski definition) is 1. The molecular formula is C17H23ClN2O. The van der Waals surface area contributed by atoms with Crippen molar-refractivity contribution in [2.24, 2.45) is 0 Å². The maximum atomic E-state index is 9.65. The van der Waals surface area contributed by atoms with Crippen molar-refractivity contribution in [2.45, 2.75) is 45.1 Å². The summed E-state index contributed by atoms with van der Waals surface area (Å²) >= 11 is 5.91. The average Bonchev–Trinajstić information content (AvgIpc) is 2.96. The monoisotopic (exact) mass is 306 g/mol. The molecule has 0 saturated heterocycles. The molecule has 114 valence electrons. The number of hydrogen-bond acceptors (Lipinski definition) is 2. The third-order valence-corrected chi connectivity index (χ3v) is 4.25. The van der Waals surface area contributed by atoms with Crippen molar-refractivity contribution in [1.29, 1.82) is 0 Å². The third-order valence-electron chi connectivity index (χ3n) is 4.00. The Morgan fingerprint density at radius 3 is 2.38 bits per heavy atom. The summed E-state index contributed by atoms with van der Waals surface area (Å²) in [5.41, 5.74) is 2.12. The minimum absolute atomic E-state index is 0.0623. The van der Waals surface area contributed by atoms with Crippen LogP contribution in [-0.4, -0.2) is 21.5 Å². The molecule has 0 amide bonds. The van der Waals surface area contributed by atoms with Crippen molar-refractivity contribution in [1.82, 2.24) is 9.78 Å². The minimum atomic E-state index is 0.0623. The Hall–Kier alpha value is -1.32. The first-order valence-electron chi connectivity index (χ1n) is 7.58. The van der Waals surface area contributed by atoms with E-state index in [1.165, 1.54) is 0 Å². The van der Waals surface area contributed by atoms with Gasteiger partial charge in [-0.2, -0.15) is 5.10 Å². The fourth-order valence-corrected chi connectivity index (χ4v) is 2.75. The standard InChI is InChI=1S/C17H23ClN2O/c1-3-17(4-2)20-10-9-16(19-20)11-14(12-21)13-5-7-15(18)8-6-13/h5-10,14,17,21H,3-4,11-12H2,1-2H3. The van der Waals surface area contributed by atoms with E-state index >= 15 is 0 Å². The lowest BCUT2D eigenvalue weighted by molar-refractivity contribution is 0.263. The van der Waals surface area contributed by atoms with Gasteiger partial charge in [-0.05, 0) is 36.6 Å². The molecular weight excluding hydrogens is 284 g/mol. The van der Waals surface area contributed by atoms with E-state index in [0.717, 1.165) is 30.5 Å². The molecule has 2 rings (SSSR count). The molecule has 1 aromatic heterocycles. The highest BCUT2D eigenvalue weighted by molar-refractivity contribution is 6.30. The van der Waals surface area contributed by atoms with Crippen molar-refractivity contribution in [2.75, 3.05) is 6.61 Å². The predicted molar refractivity (Wildman–Crippen MR) is 86.8 cm³/mol. The summed E-state index contributed by atoms with van der Waals surface area (Å²) in [6.45, 7) is 4.47. The Kier molecular flexibility index (Phi) is 5.83. The van der Waals surface area contributed by atoms with E-state index in [2.05, 4.69) is 25.0 Å². The zero-order valence-corrected chi connectivity index (χ0v) is 13.4. The summed E-state index contributed by atoms with van der Waals surface area (Å²) in [7, 11) is 0. The van der Waals surface area contributed by atoms with Crippen molar-refractivity contribution in [3.05, 3.63) is 52.8 Å². The molecule has 3 nitrogen and oxygen atoms in total. The molecule has 1 aromatic carbocycles. The molecule has 0 aliphatic heterocycles. The van der Waals surface area contributed by atoms with Crippen LogP contribution in [0.1, 0.15) is 49.9 Å². The summed E-state index contributed by atoms with van der Waals surface area (Å²) in [6, 6.07) is 10.2. The SMILES string of the molecule is CCC(CC)n1ccc(CC(CO)c2ccc(Cl)cc2)n1. The summed E-state index contributed by atoms with van der Waals surface area (Å²) < 4.78 is 2.05. The van der Waals surface area contributed by atoms with Gasteiger partial charge < -0.3 is 5.11 Å². The van der Waals surface area contributed by atoms with Crippen LogP contribution in [0.2, 0.25) is 5.02 Å². The fraction of sp³-hybridized carbons (Fsp3) is 0.471. The number of nitrogens with zero attached hydrogens (tertiary/aromatic N) is 2. The van der Waals surface area contributed by atoms with Gasteiger partial charge in [0.2, 0.25) is 0 Å². The van der Waals surface area contributed by atoms with E-state index in [9.17, 15) is 5.11 Å². The van der Waals surface area contributed by atoms with Crippen LogP contribution in [0, 0.1) is 0 Å². The number of rotatable bonds is 7. The van der Waals surface area contributed by atoms with Crippen molar-refractivity contribution >= 4 is 11.6 Å². The molecule has 1 N–H and O–H groups in total. The molecule has 4 heteroatoms. The zero-order valence-electron chi connectivity index (χ0n) is 12.7. The number of aliphatic hydroxyl groups excluding tert-OH is 1. The second-order valence-corrected chi connectivity index (χ2v) is 5.83. The maximum Gasteiger partial charge on any atom is 0.0631 e. The van der Waals surface area contributed by atoms with Gasteiger partial charge in [-0.25, -0.2) is 0 Å². The van der Waals surface area contributed by atoms with Gasteiger partial charge in [-0.15, -0.1) is 0 Å². The van der Waals surface area contributed by atoms with Gasteiger partial charge in [0.1, 0.15) is 0 Å². The van der Waals surface area contributed by atoms with Gasteiger partial charge in [0.25, 0.3) is 0 Å². The summed E-state index contributed by atoms with van der Waals surface area (Å²) in [6.07, 6.45) is 4.95. The first kappa shape index (κ1) is 16.1. The number of benzene rings is 1. The first-order chi connectivity index (χ1) is 10.2. The molecule has 0 fully saturated rings. The van der Waals surface area contributed by atoms with Crippen molar-refractivity contribution in [3.8, 4) is 0 Å². The first-order valence-corrected chi connectivity index (χ1v) is 7.96. The van der Waals surface area contributed by atoms with Gasteiger partial charge >= 0.3 is 0 Å². The van der Waals surface area contributed by atoms with Crippen molar-refractivity contribution in [3.63, 3.8) is 0 Å².